The maximum absolute atomic E-state index is 15.8. The Hall–Kier alpha value is -6.54. The SMILES string of the molecule is COc1ccc(CN(Cc2ccc(OC)cc2)S(=O)(=O)c2c(S(=O)(=O)NCCN(C(=O)O)C(C)(C)C)ccc(-c3cccc(N)c3)c2-c2nnn(Cc3ccc(OC)cc3)n2)cc1. The van der Waals surface area contributed by atoms with Crippen molar-refractivity contribution in [3.05, 3.63) is 126 Å². The standard InChI is InChI=1S/C44H50N8O9S2/c1-44(2,3)51(43(53)54)25-24-46-62(55,56)39-23-22-38(33-8-7-9-34(45)26-33)40(42-47-49-52(48-42)29-32-14-20-37(61-6)21-15-32)41(39)63(57,58)50(27-30-10-16-35(59-4)17-11-30)28-31-12-18-36(60-5)19-13-31/h7-23,26,46H,24-25,27-29,45H2,1-6H3,(H,53,54). The third-order valence-corrected chi connectivity index (χ3v) is 13.6. The number of nitrogens with one attached hydrogen (secondary N) is 1. The molecule has 1 amide bonds. The molecule has 0 bridgehead atoms. The number of anilines is 1. The molecule has 4 N–H and O–H groups in total. The summed E-state index contributed by atoms with van der Waals surface area (Å²) in [5, 5.41) is 23.2. The second kappa shape index (κ2) is 19.2. The van der Waals surface area contributed by atoms with Gasteiger partial charge in [0, 0.05) is 37.4 Å². The first kappa shape index (κ1) is 46.0. The summed E-state index contributed by atoms with van der Waals surface area (Å²) in [6, 6.07) is 30.2. The first-order chi connectivity index (χ1) is 29.9. The Morgan fingerprint density at radius 3 is 1.81 bits per heavy atom. The van der Waals surface area contributed by atoms with Crippen molar-refractivity contribution in [2.75, 3.05) is 40.2 Å². The van der Waals surface area contributed by atoms with Crippen molar-refractivity contribution in [1.29, 1.82) is 0 Å². The lowest BCUT2D eigenvalue weighted by Crippen LogP contribution is -2.48. The fraction of sp³-hybridized carbons (Fsp3) is 0.273. The molecule has 0 unspecified atom stereocenters. The Balaban J connectivity index is 1.60. The highest BCUT2D eigenvalue weighted by Gasteiger charge is 2.38. The molecule has 0 aliphatic heterocycles. The van der Waals surface area contributed by atoms with E-state index in [1.807, 2.05) is 12.1 Å². The van der Waals surface area contributed by atoms with Gasteiger partial charge in [0.25, 0.3) is 0 Å². The molecule has 332 valence electrons. The summed E-state index contributed by atoms with van der Waals surface area (Å²) >= 11 is 0. The third-order valence-electron chi connectivity index (χ3n) is 10.1. The van der Waals surface area contributed by atoms with Crippen molar-refractivity contribution < 1.29 is 40.9 Å². The summed E-state index contributed by atoms with van der Waals surface area (Å²) in [6.45, 7) is 4.13. The van der Waals surface area contributed by atoms with E-state index in [0.29, 0.717) is 39.6 Å². The minimum Gasteiger partial charge on any atom is -0.497 e. The van der Waals surface area contributed by atoms with Gasteiger partial charge in [0.05, 0.1) is 33.4 Å². The number of sulfonamides is 2. The van der Waals surface area contributed by atoms with Crippen LogP contribution in [0.25, 0.3) is 22.5 Å². The number of nitrogens with zero attached hydrogens (tertiary/aromatic N) is 6. The molecule has 0 saturated carbocycles. The number of tetrazole rings is 1. The van der Waals surface area contributed by atoms with Crippen molar-refractivity contribution in [2.45, 2.75) is 55.7 Å². The molecule has 6 aromatic rings. The zero-order chi connectivity index (χ0) is 45.5. The summed E-state index contributed by atoms with van der Waals surface area (Å²) in [5.41, 5.74) is 8.22. The lowest BCUT2D eigenvalue weighted by atomic mass is 9.98. The van der Waals surface area contributed by atoms with Crippen LogP contribution in [0.4, 0.5) is 10.5 Å². The van der Waals surface area contributed by atoms with Gasteiger partial charge in [-0.05, 0) is 108 Å². The van der Waals surface area contributed by atoms with Crippen LogP contribution in [0.1, 0.15) is 37.5 Å². The molecule has 0 aliphatic rings. The third kappa shape index (κ3) is 10.9. The molecule has 0 radical (unpaired) electrons. The lowest BCUT2D eigenvalue weighted by Gasteiger charge is -2.33. The van der Waals surface area contributed by atoms with Crippen LogP contribution >= 0.6 is 0 Å². The van der Waals surface area contributed by atoms with Crippen molar-refractivity contribution in [2.24, 2.45) is 0 Å². The monoisotopic (exact) mass is 898 g/mol. The highest BCUT2D eigenvalue weighted by molar-refractivity contribution is 7.92. The van der Waals surface area contributed by atoms with Crippen LogP contribution in [0.3, 0.4) is 0 Å². The number of aromatic nitrogens is 4. The Labute approximate surface area is 367 Å². The van der Waals surface area contributed by atoms with Gasteiger partial charge >= 0.3 is 6.09 Å². The number of rotatable bonds is 18. The van der Waals surface area contributed by atoms with E-state index in [1.165, 1.54) is 35.5 Å². The van der Waals surface area contributed by atoms with Crippen molar-refractivity contribution >= 4 is 31.8 Å². The Morgan fingerprint density at radius 2 is 1.32 bits per heavy atom. The topological polar surface area (TPSA) is 221 Å². The number of hydrogen-bond acceptors (Lipinski definition) is 12. The predicted molar refractivity (Wildman–Crippen MR) is 237 cm³/mol. The number of amides is 1. The molecular formula is C44H50N8O9S2. The average molecular weight is 899 g/mol. The first-order valence-electron chi connectivity index (χ1n) is 19.6. The number of benzene rings is 5. The number of nitrogens with two attached hydrogens (primary N) is 1. The molecule has 1 heterocycles. The van der Waals surface area contributed by atoms with E-state index in [-0.39, 0.29) is 49.7 Å². The van der Waals surface area contributed by atoms with E-state index in [9.17, 15) is 18.3 Å². The molecule has 63 heavy (non-hydrogen) atoms. The van der Waals surface area contributed by atoms with Gasteiger partial charge in [-0.1, -0.05) is 54.6 Å². The molecule has 17 nitrogen and oxygen atoms in total. The molecule has 6 rings (SSSR count). The number of ether oxygens (including phenoxy) is 3. The Bertz CT molecular complexity index is 2710. The fourth-order valence-corrected chi connectivity index (χ4v) is 10.2. The number of carboxylic acid groups (broad SMARTS) is 1. The zero-order valence-corrected chi connectivity index (χ0v) is 37.4. The van der Waals surface area contributed by atoms with Gasteiger partial charge in [-0.25, -0.2) is 26.4 Å². The number of carbonyl (C=O) groups is 1. The molecule has 0 spiro atoms. The molecular weight excluding hydrogens is 849 g/mol. The minimum absolute atomic E-state index is 0.126. The summed E-state index contributed by atoms with van der Waals surface area (Å²) < 4.78 is 80.7. The molecule has 5 aromatic carbocycles. The van der Waals surface area contributed by atoms with Crippen molar-refractivity contribution in [3.8, 4) is 39.8 Å². The summed E-state index contributed by atoms with van der Waals surface area (Å²) in [5.74, 6) is 1.56. The summed E-state index contributed by atoms with van der Waals surface area (Å²) in [4.78, 5) is 13.3. The number of hydrogen-bond donors (Lipinski definition) is 3. The minimum atomic E-state index is -4.91. The molecule has 19 heteroatoms. The fourth-order valence-electron chi connectivity index (χ4n) is 6.82. The van der Waals surface area contributed by atoms with E-state index < -0.39 is 41.5 Å². The zero-order valence-electron chi connectivity index (χ0n) is 35.7. The van der Waals surface area contributed by atoms with Crippen LogP contribution in [0.5, 0.6) is 17.2 Å². The quantitative estimate of drug-likeness (QED) is 0.0830. The van der Waals surface area contributed by atoms with Crippen LogP contribution in [-0.4, -0.2) is 97.4 Å². The molecule has 0 aliphatic carbocycles. The smallest absolute Gasteiger partial charge is 0.407 e. The van der Waals surface area contributed by atoms with Crippen LogP contribution < -0.4 is 24.7 Å². The van der Waals surface area contributed by atoms with E-state index in [1.54, 1.807) is 113 Å². The van der Waals surface area contributed by atoms with Crippen LogP contribution in [-0.2, 0) is 39.7 Å². The van der Waals surface area contributed by atoms with E-state index in [2.05, 4.69) is 20.1 Å². The van der Waals surface area contributed by atoms with Gasteiger partial charge in [0.2, 0.25) is 25.9 Å². The molecule has 1 aromatic heterocycles. The van der Waals surface area contributed by atoms with Crippen LogP contribution in [0.15, 0.2) is 119 Å². The summed E-state index contributed by atoms with van der Waals surface area (Å²) in [7, 11) is -5.07. The maximum Gasteiger partial charge on any atom is 0.407 e. The summed E-state index contributed by atoms with van der Waals surface area (Å²) in [6.07, 6.45) is -1.25. The molecule has 0 saturated heterocycles. The van der Waals surface area contributed by atoms with Gasteiger partial charge in [-0.3, -0.25) is 0 Å². The Kier molecular flexibility index (Phi) is 14.0. The second-order valence-corrected chi connectivity index (χ2v) is 19.0. The van der Waals surface area contributed by atoms with Crippen LogP contribution in [0.2, 0.25) is 0 Å². The largest absolute Gasteiger partial charge is 0.497 e. The highest BCUT2D eigenvalue weighted by Crippen LogP contribution is 2.42. The van der Waals surface area contributed by atoms with E-state index in [4.69, 9.17) is 19.9 Å². The van der Waals surface area contributed by atoms with Crippen molar-refractivity contribution in [1.82, 2.24) is 34.1 Å². The normalized spacial score (nSPS) is 12.0. The number of methoxy groups -OCH3 is 3. The highest BCUT2D eigenvalue weighted by atomic mass is 32.2. The van der Waals surface area contributed by atoms with E-state index in [0.717, 1.165) is 10.5 Å². The number of nitrogen functional groups attached to an aromatic ring is 1. The predicted octanol–water partition coefficient (Wildman–Crippen LogP) is 6.11. The molecule has 0 fully saturated rings. The van der Waals surface area contributed by atoms with Gasteiger partial charge in [-0.15, -0.1) is 10.2 Å². The lowest BCUT2D eigenvalue weighted by molar-refractivity contribution is 0.102. The van der Waals surface area contributed by atoms with Gasteiger partial charge in [0.15, 0.2) is 0 Å². The average Bonchev–Trinajstić information content (AvgIpc) is 3.72. The maximum atomic E-state index is 15.8. The van der Waals surface area contributed by atoms with Gasteiger partial charge in [0.1, 0.15) is 27.0 Å². The van der Waals surface area contributed by atoms with Crippen LogP contribution in [0, 0.1) is 0 Å². The van der Waals surface area contributed by atoms with Gasteiger partial charge in [-0.2, -0.15) is 9.10 Å². The van der Waals surface area contributed by atoms with E-state index >= 15 is 8.42 Å². The molecule has 0 atom stereocenters. The second-order valence-electron chi connectivity index (χ2n) is 15.4. The van der Waals surface area contributed by atoms with Crippen molar-refractivity contribution in [3.63, 3.8) is 0 Å². The Morgan fingerprint density at radius 1 is 0.778 bits per heavy atom. The van der Waals surface area contributed by atoms with Gasteiger partial charge < -0.3 is 30.0 Å². The first-order valence-corrected chi connectivity index (χ1v) is 22.6.